The Morgan fingerprint density at radius 1 is 1.24 bits per heavy atom. The molecule has 2 heterocycles. The predicted octanol–water partition coefficient (Wildman–Crippen LogP) is 2.96. The first-order valence-corrected chi connectivity index (χ1v) is 6.66. The summed E-state index contributed by atoms with van der Waals surface area (Å²) in [6, 6.07) is 1.94. The smallest absolute Gasteiger partial charge is 0.189 e. The van der Waals surface area contributed by atoms with Crippen LogP contribution in [0.5, 0.6) is 0 Å². The van der Waals surface area contributed by atoms with E-state index in [0.29, 0.717) is 0 Å². The zero-order chi connectivity index (χ0) is 12.5. The van der Waals surface area contributed by atoms with E-state index in [2.05, 4.69) is 41.0 Å². The highest BCUT2D eigenvalue weighted by atomic mass is 32.2. The van der Waals surface area contributed by atoms with Gasteiger partial charge in [-0.3, -0.25) is 4.98 Å². The van der Waals surface area contributed by atoms with E-state index in [0.717, 1.165) is 21.9 Å². The lowest BCUT2D eigenvalue weighted by Crippen LogP contribution is -2.27. The largest absolute Gasteiger partial charge is 0.365 e. The second-order valence-electron chi connectivity index (χ2n) is 4.83. The van der Waals surface area contributed by atoms with Crippen molar-refractivity contribution in [3.8, 4) is 0 Å². The number of hydrogen-bond acceptors (Lipinski definition) is 5. The minimum Gasteiger partial charge on any atom is -0.365 e. The molecule has 0 fully saturated rings. The van der Waals surface area contributed by atoms with Gasteiger partial charge in [-0.2, -0.15) is 0 Å². The fourth-order valence-corrected chi connectivity index (χ4v) is 1.87. The average Bonchev–Trinajstić information content (AvgIpc) is 2.26. The average molecular weight is 248 g/mol. The van der Waals surface area contributed by atoms with Crippen molar-refractivity contribution in [2.45, 2.75) is 31.5 Å². The molecule has 2 aromatic heterocycles. The van der Waals surface area contributed by atoms with Gasteiger partial charge in [0, 0.05) is 17.1 Å². The number of anilines is 1. The van der Waals surface area contributed by atoms with E-state index in [4.69, 9.17) is 0 Å². The number of rotatable bonds is 2. The first-order chi connectivity index (χ1) is 7.99. The molecule has 0 spiro atoms. The maximum absolute atomic E-state index is 4.52. The number of hydrogen-bond donors (Lipinski definition) is 1. The van der Waals surface area contributed by atoms with Crippen LogP contribution >= 0.6 is 11.8 Å². The lowest BCUT2D eigenvalue weighted by atomic mass is 10.1. The topological polar surface area (TPSA) is 50.7 Å². The van der Waals surface area contributed by atoms with Gasteiger partial charge in [-0.25, -0.2) is 9.97 Å². The summed E-state index contributed by atoms with van der Waals surface area (Å²) in [7, 11) is 0. The van der Waals surface area contributed by atoms with Gasteiger partial charge in [0.15, 0.2) is 5.16 Å². The Kier molecular flexibility index (Phi) is 3.19. The molecule has 0 aliphatic carbocycles. The second kappa shape index (κ2) is 4.49. The molecule has 17 heavy (non-hydrogen) atoms. The zero-order valence-corrected chi connectivity index (χ0v) is 11.3. The van der Waals surface area contributed by atoms with Crippen LogP contribution < -0.4 is 5.32 Å². The molecule has 0 amide bonds. The Balaban J connectivity index is 2.58. The fraction of sp³-hybridized carbons (Fsp3) is 0.417. The molecule has 0 aromatic carbocycles. The maximum Gasteiger partial charge on any atom is 0.189 e. The Labute approximate surface area is 105 Å². The molecule has 0 aliphatic heterocycles. The molecule has 0 atom stereocenters. The minimum atomic E-state index is -0.0275. The van der Waals surface area contributed by atoms with Crippen molar-refractivity contribution in [3.05, 3.63) is 18.5 Å². The standard InChI is InChI=1S/C12H16N4S/c1-12(2,3)16-10-8-5-6-13-7-9(8)14-11(15-10)17-4/h5-7H,1-4H3,(H,14,15,16). The second-order valence-corrected chi connectivity index (χ2v) is 5.60. The molecule has 0 saturated carbocycles. The van der Waals surface area contributed by atoms with E-state index >= 15 is 0 Å². The van der Waals surface area contributed by atoms with Crippen molar-refractivity contribution in [2.24, 2.45) is 0 Å². The van der Waals surface area contributed by atoms with Gasteiger partial charge in [0.05, 0.1) is 11.7 Å². The number of nitrogens with zero attached hydrogens (tertiary/aromatic N) is 3. The summed E-state index contributed by atoms with van der Waals surface area (Å²) in [5, 5.41) is 5.18. The van der Waals surface area contributed by atoms with Crippen LogP contribution in [-0.4, -0.2) is 26.7 Å². The summed E-state index contributed by atoms with van der Waals surface area (Å²) >= 11 is 1.53. The molecule has 2 aromatic rings. The van der Waals surface area contributed by atoms with Gasteiger partial charge in [0.1, 0.15) is 5.82 Å². The SMILES string of the molecule is CSc1nc(NC(C)(C)C)c2ccncc2n1. The lowest BCUT2D eigenvalue weighted by Gasteiger charge is -2.22. The van der Waals surface area contributed by atoms with Gasteiger partial charge in [-0.05, 0) is 33.1 Å². The lowest BCUT2D eigenvalue weighted by molar-refractivity contribution is 0.629. The maximum atomic E-state index is 4.52. The molecule has 5 heteroatoms. The summed E-state index contributed by atoms with van der Waals surface area (Å²) in [5.41, 5.74) is 0.846. The van der Waals surface area contributed by atoms with E-state index < -0.39 is 0 Å². The van der Waals surface area contributed by atoms with Gasteiger partial charge in [0.25, 0.3) is 0 Å². The summed E-state index contributed by atoms with van der Waals surface area (Å²) in [5.74, 6) is 0.870. The van der Waals surface area contributed by atoms with Crippen LogP contribution in [0.2, 0.25) is 0 Å². The highest BCUT2D eigenvalue weighted by Gasteiger charge is 2.14. The van der Waals surface area contributed by atoms with Crippen molar-refractivity contribution < 1.29 is 0 Å². The third-order valence-electron chi connectivity index (χ3n) is 2.15. The molecule has 90 valence electrons. The van der Waals surface area contributed by atoms with E-state index in [1.807, 2.05) is 12.3 Å². The number of nitrogens with one attached hydrogen (secondary N) is 1. The molecule has 2 rings (SSSR count). The third kappa shape index (κ3) is 2.85. The predicted molar refractivity (Wildman–Crippen MR) is 72.5 cm³/mol. The van der Waals surface area contributed by atoms with Crippen molar-refractivity contribution in [2.75, 3.05) is 11.6 Å². The highest BCUT2D eigenvalue weighted by Crippen LogP contribution is 2.24. The monoisotopic (exact) mass is 248 g/mol. The van der Waals surface area contributed by atoms with Crippen molar-refractivity contribution >= 4 is 28.5 Å². The fourth-order valence-electron chi connectivity index (χ4n) is 1.50. The quantitative estimate of drug-likeness (QED) is 0.654. The molecule has 4 nitrogen and oxygen atoms in total. The molecule has 1 N–H and O–H groups in total. The highest BCUT2D eigenvalue weighted by molar-refractivity contribution is 7.98. The van der Waals surface area contributed by atoms with Crippen molar-refractivity contribution in [3.63, 3.8) is 0 Å². The number of fused-ring (bicyclic) bond motifs is 1. The molecule has 0 bridgehead atoms. The Morgan fingerprint density at radius 2 is 2.00 bits per heavy atom. The minimum absolute atomic E-state index is 0.0275. The van der Waals surface area contributed by atoms with E-state index in [1.165, 1.54) is 11.8 Å². The first-order valence-electron chi connectivity index (χ1n) is 5.43. The molecule has 0 saturated heterocycles. The van der Waals surface area contributed by atoms with Crippen LogP contribution in [0.25, 0.3) is 10.9 Å². The third-order valence-corrected chi connectivity index (χ3v) is 2.70. The number of pyridine rings is 1. The molecular weight excluding hydrogens is 232 g/mol. The van der Waals surface area contributed by atoms with Crippen LogP contribution in [0.1, 0.15) is 20.8 Å². The zero-order valence-electron chi connectivity index (χ0n) is 10.5. The van der Waals surface area contributed by atoms with Gasteiger partial charge in [-0.15, -0.1) is 0 Å². The van der Waals surface area contributed by atoms with Gasteiger partial charge >= 0.3 is 0 Å². The van der Waals surface area contributed by atoms with Gasteiger partial charge in [-0.1, -0.05) is 11.8 Å². The van der Waals surface area contributed by atoms with Crippen molar-refractivity contribution in [1.29, 1.82) is 0 Å². The van der Waals surface area contributed by atoms with Crippen LogP contribution in [0, 0.1) is 0 Å². The van der Waals surface area contributed by atoms with Crippen LogP contribution in [0.15, 0.2) is 23.6 Å². The van der Waals surface area contributed by atoms with E-state index in [1.54, 1.807) is 12.4 Å². The summed E-state index contributed by atoms with van der Waals surface area (Å²) in [6.45, 7) is 6.34. The number of thioether (sulfide) groups is 1. The normalized spacial score (nSPS) is 11.8. The van der Waals surface area contributed by atoms with Crippen LogP contribution in [0.3, 0.4) is 0 Å². The van der Waals surface area contributed by atoms with Crippen LogP contribution in [-0.2, 0) is 0 Å². The molecule has 0 radical (unpaired) electrons. The van der Waals surface area contributed by atoms with Gasteiger partial charge in [0.2, 0.25) is 0 Å². The van der Waals surface area contributed by atoms with Crippen molar-refractivity contribution in [1.82, 2.24) is 15.0 Å². The molecule has 0 unspecified atom stereocenters. The number of aromatic nitrogens is 3. The van der Waals surface area contributed by atoms with E-state index in [-0.39, 0.29) is 5.54 Å². The van der Waals surface area contributed by atoms with Gasteiger partial charge < -0.3 is 5.32 Å². The molecule has 0 aliphatic rings. The summed E-state index contributed by atoms with van der Waals surface area (Å²) < 4.78 is 0. The Morgan fingerprint density at radius 3 is 2.65 bits per heavy atom. The summed E-state index contributed by atoms with van der Waals surface area (Å²) in [4.78, 5) is 13.0. The molecular formula is C12H16N4S. The summed E-state index contributed by atoms with van der Waals surface area (Å²) in [6.07, 6.45) is 5.50. The first kappa shape index (κ1) is 12.1. The Hall–Kier alpha value is -1.36. The Bertz CT molecular complexity index is 534. The van der Waals surface area contributed by atoms with E-state index in [9.17, 15) is 0 Å². The van der Waals surface area contributed by atoms with Crippen LogP contribution in [0.4, 0.5) is 5.82 Å².